The summed E-state index contributed by atoms with van der Waals surface area (Å²) in [6.45, 7) is 8.86. The normalized spacial score (nSPS) is 18.7. The number of carbonyl (C=O) groups is 2. The molecule has 0 unspecified atom stereocenters. The molecule has 0 atom stereocenters. The van der Waals surface area contributed by atoms with Gasteiger partial charge in [0.25, 0.3) is 0 Å². The number of rotatable bonds is 4. The van der Waals surface area contributed by atoms with Gasteiger partial charge in [0, 0.05) is 10.5 Å². The maximum atomic E-state index is 13.2. The molecule has 2 aromatic carbocycles. The zero-order chi connectivity index (χ0) is 21.6. The summed E-state index contributed by atoms with van der Waals surface area (Å²) in [6, 6.07) is 10.8. The molecule has 4 nitrogen and oxygen atoms in total. The van der Waals surface area contributed by atoms with Crippen LogP contribution < -0.4 is 4.74 Å². The first-order chi connectivity index (χ1) is 13.5. The van der Waals surface area contributed by atoms with Crippen LogP contribution in [0.25, 0.3) is 0 Å². The Morgan fingerprint density at radius 1 is 1.00 bits per heavy atom. The van der Waals surface area contributed by atoms with Crippen LogP contribution in [-0.4, -0.2) is 22.8 Å². The lowest BCUT2D eigenvalue weighted by molar-refractivity contribution is -0.184. The van der Waals surface area contributed by atoms with Crippen LogP contribution in [0.3, 0.4) is 0 Å². The van der Waals surface area contributed by atoms with Gasteiger partial charge in [0.15, 0.2) is 11.6 Å². The van der Waals surface area contributed by atoms with Crippen molar-refractivity contribution >= 4 is 39.1 Å². The van der Waals surface area contributed by atoms with E-state index in [9.17, 15) is 9.59 Å². The number of hydrogen-bond donors (Lipinski definition) is 0. The van der Waals surface area contributed by atoms with E-state index in [0.717, 1.165) is 10.0 Å². The van der Waals surface area contributed by atoms with Gasteiger partial charge in [-0.15, -0.1) is 0 Å². The first-order valence-corrected chi connectivity index (χ1v) is 10.7. The number of aryl methyl sites for hydroxylation is 1. The Hall–Kier alpha value is -1.69. The van der Waals surface area contributed by atoms with E-state index in [1.54, 1.807) is 52.0 Å². The number of ketones is 2. The molecule has 1 heterocycles. The Bertz CT molecular complexity index is 955. The molecule has 1 aliphatic heterocycles. The minimum Gasteiger partial charge on any atom is -0.457 e. The molecule has 6 heteroatoms. The number of ether oxygens (including phenoxy) is 2. The third-order valence-electron chi connectivity index (χ3n) is 5.16. The quantitative estimate of drug-likeness (QED) is 0.485. The molecule has 154 valence electrons. The van der Waals surface area contributed by atoms with Gasteiger partial charge in [0.2, 0.25) is 0 Å². The van der Waals surface area contributed by atoms with Gasteiger partial charge in [0.05, 0.1) is 5.02 Å². The van der Waals surface area contributed by atoms with Crippen LogP contribution in [0.1, 0.15) is 51.7 Å². The summed E-state index contributed by atoms with van der Waals surface area (Å²) >= 11 is 9.51. The summed E-state index contributed by atoms with van der Waals surface area (Å²) in [5.74, 6) is -0.251. The van der Waals surface area contributed by atoms with Gasteiger partial charge in [-0.1, -0.05) is 24.6 Å². The van der Waals surface area contributed by atoms with Crippen molar-refractivity contribution in [3.05, 3.63) is 57.0 Å². The highest BCUT2D eigenvalue weighted by atomic mass is 79.9. The lowest BCUT2D eigenvalue weighted by Crippen LogP contribution is -2.58. The van der Waals surface area contributed by atoms with Crippen molar-refractivity contribution in [2.45, 2.75) is 58.2 Å². The van der Waals surface area contributed by atoms with Crippen LogP contribution in [0.5, 0.6) is 11.5 Å². The minimum atomic E-state index is -1.05. The van der Waals surface area contributed by atoms with E-state index in [2.05, 4.69) is 15.9 Å². The fraction of sp³-hybridized carbons (Fsp3) is 0.391. The van der Waals surface area contributed by atoms with Crippen molar-refractivity contribution in [1.29, 1.82) is 0 Å². The SMILES string of the molecule is CCc1ccc(Oc2ccc(Br)c(Cl)c2)cc1C1C(=O)C(C)(C)OC(C)(C)C1=O. The second kappa shape index (κ2) is 7.86. The molecular formula is C23H24BrClO4. The second-order valence-electron chi connectivity index (χ2n) is 8.18. The Morgan fingerprint density at radius 2 is 1.55 bits per heavy atom. The molecule has 29 heavy (non-hydrogen) atoms. The molecule has 0 spiro atoms. The Balaban J connectivity index is 2.05. The maximum Gasteiger partial charge on any atom is 0.179 e. The highest BCUT2D eigenvalue weighted by molar-refractivity contribution is 9.10. The summed E-state index contributed by atoms with van der Waals surface area (Å²) < 4.78 is 12.5. The van der Waals surface area contributed by atoms with Crippen molar-refractivity contribution in [2.24, 2.45) is 0 Å². The van der Waals surface area contributed by atoms with Gasteiger partial charge >= 0.3 is 0 Å². The third-order valence-corrected chi connectivity index (χ3v) is 6.39. The highest BCUT2D eigenvalue weighted by Gasteiger charge is 2.53. The minimum absolute atomic E-state index is 0.236. The van der Waals surface area contributed by atoms with Crippen molar-refractivity contribution in [3.63, 3.8) is 0 Å². The Kier molecular flexibility index (Phi) is 5.96. The monoisotopic (exact) mass is 478 g/mol. The van der Waals surface area contributed by atoms with E-state index in [0.29, 0.717) is 28.5 Å². The Morgan fingerprint density at radius 3 is 2.10 bits per heavy atom. The predicted molar refractivity (Wildman–Crippen MR) is 117 cm³/mol. The van der Waals surface area contributed by atoms with E-state index in [1.807, 2.05) is 19.1 Å². The number of hydrogen-bond acceptors (Lipinski definition) is 4. The topological polar surface area (TPSA) is 52.6 Å². The lowest BCUT2D eigenvalue weighted by Gasteiger charge is -2.43. The predicted octanol–water partition coefficient (Wildman–Crippen LogP) is 6.27. The van der Waals surface area contributed by atoms with Gasteiger partial charge in [-0.3, -0.25) is 9.59 Å². The Labute approximate surface area is 184 Å². The molecule has 1 saturated heterocycles. The van der Waals surface area contributed by atoms with Crippen LogP contribution in [0.2, 0.25) is 5.02 Å². The zero-order valence-electron chi connectivity index (χ0n) is 17.1. The van der Waals surface area contributed by atoms with Gasteiger partial charge in [-0.2, -0.15) is 0 Å². The number of halogens is 2. The molecule has 0 aromatic heterocycles. The smallest absolute Gasteiger partial charge is 0.179 e. The summed E-state index contributed by atoms with van der Waals surface area (Å²) in [6.07, 6.45) is 0.693. The van der Waals surface area contributed by atoms with Gasteiger partial charge in [-0.05, 0) is 85.4 Å². The highest BCUT2D eigenvalue weighted by Crippen LogP contribution is 2.41. The fourth-order valence-electron chi connectivity index (χ4n) is 3.74. The molecule has 0 saturated carbocycles. The average Bonchev–Trinajstić information content (AvgIpc) is 2.63. The molecule has 3 rings (SSSR count). The van der Waals surface area contributed by atoms with Crippen LogP contribution >= 0.6 is 27.5 Å². The van der Waals surface area contributed by atoms with Gasteiger partial charge in [0.1, 0.15) is 28.6 Å². The largest absolute Gasteiger partial charge is 0.457 e. The third kappa shape index (κ3) is 4.27. The molecule has 0 bridgehead atoms. The standard InChI is InChI=1S/C23H24BrClO4/c1-6-13-7-8-14(28-15-9-10-17(24)18(25)12-15)11-16(13)19-20(26)22(2,3)29-23(4,5)21(19)27/h7-12,19H,6H2,1-5H3. The summed E-state index contributed by atoms with van der Waals surface area (Å²) in [4.78, 5) is 26.3. The molecule has 0 aliphatic carbocycles. The van der Waals surface area contributed by atoms with E-state index < -0.39 is 17.1 Å². The molecular weight excluding hydrogens is 456 g/mol. The first-order valence-electron chi connectivity index (χ1n) is 9.51. The summed E-state index contributed by atoms with van der Waals surface area (Å²) in [5, 5.41) is 0.534. The number of Topliss-reactive ketones (excluding diaryl/α,β-unsaturated/α-hetero) is 2. The summed E-state index contributed by atoms with van der Waals surface area (Å²) in [5.41, 5.74) is -0.495. The molecule has 2 aromatic rings. The molecule has 0 radical (unpaired) electrons. The van der Waals surface area contributed by atoms with Crippen molar-refractivity contribution in [2.75, 3.05) is 0 Å². The van der Waals surface area contributed by atoms with Crippen LogP contribution in [0.15, 0.2) is 40.9 Å². The maximum absolute atomic E-state index is 13.2. The zero-order valence-corrected chi connectivity index (χ0v) is 19.5. The summed E-state index contributed by atoms with van der Waals surface area (Å²) in [7, 11) is 0. The van der Waals surface area contributed by atoms with Crippen molar-refractivity contribution in [3.8, 4) is 11.5 Å². The van der Waals surface area contributed by atoms with E-state index in [1.165, 1.54) is 0 Å². The first kappa shape index (κ1) is 22.0. The molecule has 1 aliphatic rings. The molecule has 1 fully saturated rings. The van der Waals surface area contributed by atoms with Crippen LogP contribution in [0, 0.1) is 0 Å². The lowest BCUT2D eigenvalue weighted by atomic mass is 9.73. The van der Waals surface area contributed by atoms with Gasteiger partial charge in [-0.25, -0.2) is 0 Å². The molecule has 0 N–H and O–H groups in total. The van der Waals surface area contributed by atoms with Gasteiger partial charge < -0.3 is 9.47 Å². The van der Waals surface area contributed by atoms with E-state index in [4.69, 9.17) is 21.1 Å². The number of carbonyl (C=O) groups excluding carboxylic acids is 2. The van der Waals surface area contributed by atoms with Crippen molar-refractivity contribution < 1.29 is 19.1 Å². The average molecular weight is 480 g/mol. The van der Waals surface area contributed by atoms with E-state index >= 15 is 0 Å². The second-order valence-corrected chi connectivity index (χ2v) is 9.44. The van der Waals surface area contributed by atoms with Crippen LogP contribution in [-0.2, 0) is 20.7 Å². The fourth-order valence-corrected chi connectivity index (χ4v) is 4.16. The van der Waals surface area contributed by atoms with Crippen molar-refractivity contribution in [1.82, 2.24) is 0 Å². The molecule has 0 amide bonds. The number of benzene rings is 2. The van der Waals surface area contributed by atoms with E-state index in [-0.39, 0.29) is 11.6 Å². The van der Waals surface area contributed by atoms with Crippen LogP contribution in [0.4, 0.5) is 0 Å².